The van der Waals surface area contributed by atoms with Crippen molar-refractivity contribution >= 4 is 29.4 Å². The van der Waals surface area contributed by atoms with Gasteiger partial charge in [-0.3, -0.25) is 4.90 Å². The van der Waals surface area contributed by atoms with Crippen LogP contribution in [0.2, 0.25) is 0 Å². The summed E-state index contributed by atoms with van der Waals surface area (Å²) < 4.78 is 5.53. The van der Waals surface area contributed by atoms with E-state index in [-0.39, 0.29) is 18.0 Å². The maximum atomic E-state index is 13.1. The highest BCUT2D eigenvalue weighted by atomic mass is 16.5. The third-order valence-corrected chi connectivity index (χ3v) is 5.93. The first-order valence-corrected chi connectivity index (χ1v) is 12.5. The maximum Gasteiger partial charge on any atom is 0.338 e. The summed E-state index contributed by atoms with van der Waals surface area (Å²) in [4.78, 5) is 39.9. The van der Waals surface area contributed by atoms with Gasteiger partial charge in [0.25, 0.3) is 0 Å². The summed E-state index contributed by atoms with van der Waals surface area (Å²) in [6.45, 7) is 10.6. The van der Waals surface area contributed by atoms with E-state index in [1.807, 2.05) is 45.0 Å². The van der Waals surface area contributed by atoms with Gasteiger partial charge in [-0.2, -0.15) is 0 Å². The van der Waals surface area contributed by atoms with E-state index in [1.54, 1.807) is 36.1 Å². The zero-order valence-electron chi connectivity index (χ0n) is 21.7. The number of anilines is 2. The molecule has 36 heavy (non-hydrogen) atoms. The Bertz CT molecular complexity index is 1110. The van der Waals surface area contributed by atoms with Crippen LogP contribution >= 0.6 is 0 Å². The lowest BCUT2D eigenvalue weighted by Crippen LogP contribution is -2.48. The molecule has 3 N–H and O–H groups in total. The first-order valence-electron chi connectivity index (χ1n) is 12.5. The number of allylic oxidation sites excluding steroid dienone is 1. The average Bonchev–Trinajstić information content (AvgIpc) is 2.85. The molecule has 1 aliphatic heterocycles. The van der Waals surface area contributed by atoms with Gasteiger partial charge in [0.15, 0.2) is 0 Å². The highest BCUT2D eigenvalue weighted by molar-refractivity contribution is 6.00. The molecule has 3 rings (SSSR count). The van der Waals surface area contributed by atoms with Gasteiger partial charge in [0.05, 0.1) is 18.2 Å². The minimum Gasteiger partial charge on any atom is -0.462 e. The molecule has 2 aromatic rings. The molecule has 1 atom stereocenters. The molecule has 2 aromatic carbocycles. The fourth-order valence-electron chi connectivity index (χ4n) is 3.98. The van der Waals surface area contributed by atoms with Gasteiger partial charge < -0.3 is 20.7 Å². The standard InChI is InChI=1S/C28H36N4O4/c1-6-16-32-19(5)24(26(33)36-17-18(3)4)25(31-28(32)35)21-10-14-23(15-11-21)30-27(34)29-22-12-8-20(7-2)9-13-22/h8-15,18,25H,6-7,16-17H2,1-5H3,(H,31,35)(H2,29,30,34). The zero-order chi connectivity index (χ0) is 26.2. The molecule has 0 aromatic heterocycles. The predicted octanol–water partition coefficient (Wildman–Crippen LogP) is 5.84. The number of amides is 4. The van der Waals surface area contributed by atoms with Crippen LogP contribution in [-0.2, 0) is 16.0 Å². The number of nitrogens with one attached hydrogen (secondary N) is 3. The number of esters is 1. The molecule has 0 fully saturated rings. The second-order valence-electron chi connectivity index (χ2n) is 9.28. The van der Waals surface area contributed by atoms with Crippen LogP contribution in [0, 0.1) is 5.92 Å². The summed E-state index contributed by atoms with van der Waals surface area (Å²) in [5.41, 5.74) is 4.21. The number of aryl methyl sites for hydroxylation is 1. The van der Waals surface area contributed by atoms with Gasteiger partial charge in [0.2, 0.25) is 0 Å². The van der Waals surface area contributed by atoms with Crippen LogP contribution in [-0.4, -0.2) is 36.1 Å². The molecule has 0 saturated heterocycles. The first-order chi connectivity index (χ1) is 17.2. The third kappa shape index (κ3) is 6.65. The van der Waals surface area contributed by atoms with Crippen molar-refractivity contribution in [3.63, 3.8) is 0 Å². The van der Waals surface area contributed by atoms with Crippen molar-refractivity contribution in [3.05, 3.63) is 70.9 Å². The number of urea groups is 2. The van der Waals surface area contributed by atoms with E-state index >= 15 is 0 Å². The van der Waals surface area contributed by atoms with Crippen LogP contribution in [0.25, 0.3) is 0 Å². The van der Waals surface area contributed by atoms with Gasteiger partial charge >= 0.3 is 18.0 Å². The van der Waals surface area contributed by atoms with Crippen LogP contribution in [0.3, 0.4) is 0 Å². The van der Waals surface area contributed by atoms with E-state index in [0.29, 0.717) is 35.8 Å². The summed E-state index contributed by atoms with van der Waals surface area (Å²) in [6.07, 6.45) is 1.69. The molecule has 8 heteroatoms. The van der Waals surface area contributed by atoms with E-state index in [4.69, 9.17) is 4.74 Å². The van der Waals surface area contributed by atoms with Crippen molar-refractivity contribution in [3.8, 4) is 0 Å². The summed E-state index contributed by atoms with van der Waals surface area (Å²) in [7, 11) is 0. The molecular weight excluding hydrogens is 456 g/mol. The largest absolute Gasteiger partial charge is 0.462 e. The number of hydrogen-bond donors (Lipinski definition) is 3. The quantitative estimate of drug-likeness (QED) is 0.383. The Morgan fingerprint density at radius 1 is 1.00 bits per heavy atom. The van der Waals surface area contributed by atoms with Crippen molar-refractivity contribution in [2.75, 3.05) is 23.8 Å². The lowest BCUT2D eigenvalue weighted by molar-refractivity contribution is -0.140. The molecule has 1 aliphatic rings. The number of hydrogen-bond acceptors (Lipinski definition) is 4. The van der Waals surface area contributed by atoms with Crippen LogP contribution in [0.4, 0.5) is 21.0 Å². The van der Waals surface area contributed by atoms with Gasteiger partial charge in [-0.15, -0.1) is 0 Å². The molecule has 1 unspecified atom stereocenters. The van der Waals surface area contributed by atoms with E-state index in [1.165, 1.54) is 5.56 Å². The number of ether oxygens (including phenoxy) is 1. The summed E-state index contributed by atoms with van der Waals surface area (Å²) >= 11 is 0. The highest BCUT2D eigenvalue weighted by Crippen LogP contribution is 2.32. The molecule has 0 bridgehead atoms. The van der Waals surface area contributed by atoms with Gasteiger partial charge in [0, 0.05) is 23.6 Å². The van der Waals surface area contributed by atoms with Crippen molar-refractivity contribution in [1.29, 1.82) is 0 Å². The lowest BCUT2D eigenvalue weighted by atomic mass is 9.94. The molecule has 1 heterocycles. The normalized spacial score (nSPS) is 15.6. The molecular formula is C28H36N4O4. The zero-order valence-corrected chi connectivity index (χ0v) is 21.7. The van der Waals surface area contributed by atoms with Gasteiger partial charge in [-0.1, -0.05) is 52.0 Å². The third-order valence-electron chi connectivity index (χ3n) is 5.93. The lowest BCUT2D eigenvalue weighted by Gasteiger charge is -2.35. The first kappa shape index (κ1) is 26.8. The number of benzene rings is 2. The molecule has 0 aliphatic carbocycles. The van der Waals surface area contributed by atoms with Crippen molar-refractivity contribution < 1.29 is 19.1 Å². The maximum absolute atomic E-state index is 13.1. The van der Waals surface area contributed by atoms with Crippen molar-refractivity contribution in [2.45, 2.75) is 53.5 Å². The Labute approximate surface area is 213 Å². The summed E-state index contributed by atoms with van der Waals surface area (Å²) in [5.74, 6) is -0.248. The molecule has 192 valence electrons. The Morgan fingerprint density at radius 2 is 1.58 bits per heavy atom. The Hall–Kier alpha value is -3.81. The Balaban J connectivity index is 1.77. The number of nitrogens with zero attached hydrogens (tertiary/aromatic N) is 1. The molecule has 0 spiro atoms. The monoisotopic (exact) mass is 492 g/mol. The Kier molecular flexibility index (Phi) is 9.11. The van der Waals surface area contributed by atoms with E-state index in [0.717, 1.165) is 18.4 Å². The highest BCUT2D eigenvalue weighted by Gasteiger charge is 2.36. The smallest absolute Gasteiger partial charge is 0.338 e. The number of carbonyl (C=O) groups is 3. The van der Waals surface area contributed by atoms with Crippen molar-refractivity contribution in [2.24, 2.45) is 5.92 Å². The van der Waals surface area contributed by atoms with Crippen molar-refractivity contribution in [1.82, 2.24) is 10.2 Å². The van der Waals surface area contributed by atoms with Gasteiger partial charge in [-0.25, -0.2) is 14.4 Å². The second kappa shape index (κ2) is 12.2. The van der Waals surface area contributed by atoms with Gasteiger partial charge in [0.1, 0.15) is 0 Å². The second-order valence-corrected chi connectivity index (χ2v) is 9.28. The molecule has 0 radical (unpaired) electrons. The van der Waals surface area contributed by atoms with E-state index in [2.05, 4.69) is 22.9 Å². The van der Waals surface area contributed by atoms with E-state index < -0.39 is 12.0 Å². The Morgan fingerprint density at radius 3 is 2.11 bits per heavy atom. The number of carbonyl (C=O) groups excluding carboxylic acids is 3. The minimum absolute atomic E-state index is 0.194. The van der Waals surface area contributed by atoms with Crippen LogP contribution in [0.15, 0.2) is 59.8 Å². The van der Waals surface area contributed by atoms with Crippen LogP contribution in [0.1, 0.15) is 58.2 Å². The predicted molar refractivity (Wildman–Crippen MR) is 142 cm³/mol. The van der Waals surface area contributed by atoms with E-state index in [9.17, 15) is 14.4 Å². The molecule has 4 amide bonds. The summed E-state index contributed by atoms with van der Waals surface area (Å²) in [5, 5.41) is 8.57. The topological polar surface area (TPSA) is 99.8 Å². The number of rotatable bonds is 9. The molecule has 0 saturated carbocycles. The minimum atomic E-state index is -0.648. The fourth-order valence-corrected chi connectivity index (χ4v) is 3.98. The summed E-state index contributed by atoms with van der Waals surface area (Å²) in [6, 6.07) is 13.5. The fraction of sp³-hybridized carbons (Fsp3) is 0.393. The van der Waals surface area contributed by atoms with Crippen LogP contribution in [0.5, 0.6) is 0 Å². The average molecular weight is 493 g/mol. The van der Waals surface area contributed by atoms with Crippen LogP contribution < -0.4 is 16.0 Å². The SMILES string of the molecule is CCCN1C(=O)NC(c2ccc(NC(=O)Nc3ccc(CC)cc3)cc2)C(C(=O)OCC(C)C)=C1C. The van der Waals surface area contributed by atoms with Gasteiger partial charge in [-0.05, 0) is 61.1 Å². The molecule has 8 nitrogen and oxygen atoms in total.